The highest BCUT2D eigenvalue weighted by Gasteiger charge is 2.22. The summed E-state index contributed by atoms with van der Waals surface area (Å²) in [5.41, 5.74) is 2.05. The maximum atomic E-state index is 4.69. The first-order valence-corrected chi connectivity index (χ1v) is 9.33. The molecule has 1 saturated heterocycles. The first-order chi connectivity index (χ1) is 13.2. The van der Waals surface area contributed by atoms with E-state index in [9.17, 15) is 0 Å². The van der Waals surface area contributed by atoms with Crippen LogP contribution in [0.25, 0.3) is 5.69 Å². The van der Waals surface area contributed by atoms with Crippen molar-refractivity contribution in [2.75, 3.05) is 31.1 Å². The van der Waals surface area contributed by atoms with E-state index in [-0.39, 0.29) is 0 Å². The lowest BCUT2D eigenvalue weighted by Crippen LogP contribution is -2.47. The molecular formula is C19H24N8. The minimum absolute atomic E-state index is 0.346. The van der Waals surface area contributed by atoms with Gasteiger partial charge in [-0.15, -0.1) is 0 Å². The molecule has 0 atom stereocenters. The maximum Gasteiger partial charge on any atom is 0.250 e. The van der Waals surface area contributed by atoms with Crippen molar-refractivity contribution in [2.24, 2.45) is 0 Å². The Labute approximate surface area is 158 Å². The Balaban J connectivity index is 1.40. The van der Waals surface area contributed by atoms with Gasteiger partial charge < -0.3 is 4.90 Å². The van der Waals surface area contributed by atoms with Crippen molar-refractivity contribution in [1.82, 2.24) is 35.1 Å². The molecule has 8 nitrogen and oxygen atoms in total. The number of aromatic nitrogens is 6. The van der Waals surface area contributed by atoms with Crippen LogP contribution in [0.4, 0.5) is 5.95 Å². The van der Waals surface area contributed by atoms with E-state index in [0.717, 1.165) is 55.9 Å². The highest BCUT2D eigenvalue weighted by molar-refractivity contribution is 5.40. The second kappa shape index (κ2) is 7.79. The smallest absolute Gasteiger partial charge is 0.250 e. The van der Waals surface area contributed by atoms with Crippen LogP contribution in [-0.2, 0) is 6.54 Å². The average Bonchev–Trinajstić information content (AvgIpc) is 3.19. The van der Waals surface area contributed by atoms with Crippen LogP contribution in [-0.4, -0.2) is 61.3 Å². The summed E-state index contributed by atoms with van der Waals surface area (Å²) in [6.07, 6.45) is 1.86. The van der Waals surface area contributed by atoms with Crippen molar-refractivity contribution in [1.29, 1.82) is 0 Å². The summed E-state index contributed by atoms with van der Waals surface area (Å²) >= 11 is 0. The number of hydrogen-bond donors (Lipinski definition) is 0. The Morgan fingerprint density at radius 1 is 1.00 bits per heavy atom. The van der Waals surface area contributed by atoms with Crippen molar-refractivity contribution in [3.8, 4) is 5.69 Å². The fourth-order valence-corrected chi connectivity index (χ4v) is 3.23. The van der Waals surface area contributed by atoms with Gasteiger partial charge in [0.2, 0.25) is 5.95 Å². The van der Waals surface area contributed by atoms with Crippen molar-refractivity contribution >= 4 is 5.95 Å². The van der Waals surface area contributed by atoms with Gasteiger partial charge in [0, 0.05) is 44.8 Å². The number of hydrogen-bond acceptors (Lipinski definition) is 7. The monoisotopic (exact) mass is 364 g/mol. The lowest BCUT2D eigenvalue weighted by Gasteiger charge is -2.34. The van der Waals surface area contributed by atoms with Crippen LogP contribution in [0.3, 0.4) is 0 Å². The summed E-state index contributed by atoms with van der Waals surface area (Å²) in [5.74, 6) is 2.05. The topological polar surface area (TPSA) is 75.9 Å². The molecule has 2 aromatic heterocycles. The maximum absolute atomic E-state index is 4.69. The minimum Gasteiger partial charge on any atom is -0.337 e. The summed E-state index contributed by atoms with van der Waals surface area (Å²) in [7, 11) is 0. The van der Waals surface area contributed by atoms with Crippen molar-refractivity contribution in [3.05, 3.63) is 54.1 Å². The van der Waals surface area contributed by atoms with Crippen LogP contribution in [0, 0.1) is 0 Å². The van der Waals surface area contributed by atoms with Gasteiger partial charge in [0.1, 0.15) is 5.82 Å². The third-order valence-electron chi connectivity index (χ3n) is 4.74. The van der Waals surface area contributed by atoms with E-state index in [2.05, 4.69) is 49.1 Å². The van der Waals surface area contributed by atoms with Gasteiger partial charge in [0.15, 0.2) is 0 Å². The number of benzene rings is 1. The van der Waals surface area contributed by atoms with Gasteiger partial charge in [-0.05, 0) is 28.6 Å². The molecule has 0 radical (unpaired) electrons. The zero-order chi connectivity index (χ0) is 18.6. The summed E-state index contributed by atoms with van der Waals surface area (Å²) in [4.78, 5) is 13.7. The van der Waals surface area contributed by atoms with Gasteiger partial charge >= 0.3 is 0 Å². The van der Waals surface area contributed by atoms with E-state index < -0.39 is 0 Å². The second-order valence-corrected chi connectivity index (χ2v) is 7.05. The molecule has 140 valence electrons. The Morgan fingerprint density at radius 2 is 1.78 bits per heavy atom. The molecule has 0 spiro atoms. The third-order valence-corrected chi connectivity index (χ3v) is 4.74. The van der Waals surface area contributed by atoms with E-state index in [4.69, 9.17) is 0 Å². The summed E-state index contributed by atoms with van der Waals surface area (Å²) in [6.45, 7) is 8.75. The molecule has 1 aliphatic heterocycles. The van der Waals surface area contributed by atoms with Gasteiger partial charge in [-0.2, -0.15) is 4.68 Å². The molecule has 0 saturated carbocycles. The summed E-state index contributed by atoms with van der Waals surface area (Å²) in [5, 5.41) is 12.3. The highest BCUT2D eigenvalue weighted by atomic mass is 15.6. The van der Waals surface area contributed by atoms with Gasteiger partial charge in [0.25, 0.3) is 0 Å². The Hall–Kier alpha value is -2.87. The summed E-state index contributed by atoms with van der Waals surface area (Å²) in [6, 6.07) is 12.0. The van der Waals surface area contributed by atoms with Crippen molar-refractivity contribution < 1.29 is 0 Å². The van der Waals surface area contributed by atoms with Crippen LogP contribution < -0.4 is 4.90 Å². The fourth-order valence-electron chi connectivity index (χ4n) is 3.23. The Morgan fingerprint density at radius 3 is 2.52 bits per heavy atom. The molecule has 0 unspecified atom stereocenters. The minimum atomic E-state index is 0.346. The largest absolute Gasteiger partial charge is 0.337 e. The number of nitrogens with zero attached hydrogens (tertiary/aromatic N) is 8. The normalized spacial score (nSPS) is 15.4. The first-order valence-electron chi connectivity index (χ1n) is 9.33. The zero-order valence-electron chi connectivity index (χ0n) is 15.7. The molecule has 0 N–H and O–H groups in total. The lowest BCUT2D eigenvalue weighted by atomic mass is 10.2. The molecule has 0 bridgehead atoms. The van der Waals surface area contributed by atoms with Crippen LogP contribution in [0.5, 0.6) is 0 Å². The molecule has 3 aromatic rings. The molecular weight excluding hydrogens is 340 g/mol. The molecule has 1 aromatic carbocycles. The number of anilines is 1. The van der Waals surface area contributed by atoms with E-state index in [1.165, 1.54) is 0 Å². The van der Waals surface area contributed by atoms with Gasteiger partial charge in [0.05, 0.1) is 11.4 Å². The average molecular weight is 364 g/mol. The van der Waals surface area contributed by atoms with Gasteiger partial charge in [-0.25, -0.2) is 9.97 Å². The molecule has 27 heavy (non-hydrogen) atoms. The predicted octanol–water partition coefficient (Wildman–Crippen LogP) is 1.90. The highest BCUT2D eigenvalue weighted by Crippen LogP contribution is 2.18. The third kappa shape index (κ3) is 3.95. The van der Waals surface area contributed by atoms with E-state index in [1.54, 1.807) is 4.68 Å². The summed E-state index contributed by atoms with van der Waals surface area (Å²) < 4.78 is 1.80. The standard InChI is InChI=1S/C19H24N8/c1-15(2)18-20-9-8-16(21-18)14-25-10-12-26(13-11-25)19-22-23-24-27(19)17-6-4-3-5-7-17/h3-9,15H,10-14H2,1-2H3. The SMILES string of the molecule is CC(C)c1nccc(CN2CCN(c3nnnn3-c3ccccc3)CC2)n1. The van der Waals surface area contributed by atoms with Crippen molar-refractivity contribution in [3.63, 3.8) is 0 Å². The van der Waals surface area contributed by atoms with Gasteiger partial charge in [-0.3, -0.25) is 4.90 Å². The quantitative estimate of drug-likeness (QED) is 0.684. The molecule has 1 fully saturated rings. The predicted molar refractivity (Wildman–Crippen MR) is 103 cm³/mol. The molecule has 1 aliphatic rings. The number of tetrazole rings is 1. The number of piperazine rings is 1. The van der Waals surface area contributed by atoms with Crippen LogP contribution in [0.2, 0.25) is 0 Å². The number of para-hydroxylation sites is 1. The van der Waals surface area contributed by atoms with Gasteiger partial charge in [-0.1, -0.05) is 37.1 Å². The molecule has 8 heteroatoms. The Kier molecular flexibility index (Phi) is 5.06. The van der Waals surface area contributed by atoms with Crippen LogP contribution in [0.1, 0.15) is 31.3 Å². The Bertz CT molecular complexity index is 868. The number of rotatable bonds is 5. The van der Waals surface area contributed by atoms with Crippen molar-refractivity contribution in [2.45, 2.75) is 26.3 Å². The second-order valence-electron chi connectivity index (χ2n) is 7.05. The van der Waals surface area contributed by atoms with Crippen LogP contribution in [0.15, 0.2) is 42.6 Å². The fraction of sp³-hybridized carbons (Fsp3) is 0.421. The van der Waals surface area contributed by atoms with E-state index in [0.29, 0.717) is 5.92 Å². The van der Waals surface area contributed by atoms with Crippen LogP contribution >= 0.6 is 0 Å². The molecule has 4 rings (SSSR count). The lowest BCUT2D eigenvalue weighted by molar-refractivity contribution is 0.245. The zero-order valence-corrected chi connectivity index (χ0v) is 15.7. The van der Waals surface area contributed by atoms with E-state index >= 15 is 0 Å². The molecule has 3 heterocycles. The molecule has 0 aliphatic carbocycles. The first kappa shape index (κ1) is 17.5. The molecule has 0 amide bonds. The van der Waals surface area contributed by atoms with E-state index in [1.807, 2.05) is 42.6 Å².